The lowest BCUT2D eigenvalue weighted by Crippen LogP contribution is -2.55. The third-order valence-corrected chi connectivity index (χ3v) is 3.73. The molecule has 1 saturated carbocycles. The predicted molar refractivity (Wildman–Crippen MR) is 61.2 cm³/mol. The molecule has 0 aromatic rings. The lowest BCUT2D eigenvalue weighted by atomic mass is 9.85. The highest BCUT2D eigenvalue weighted by atomic mass is 16.1. The molecule has 15 heavy (non-hydrogen) atoms. The van der Waals surface area contributed by atoms with E-state index in [1.54, 1.807) is 0 Å². The number of hydrogen-bond donors (Lipinski definition) is 2. The number of amides is 1. The molecule has 0 bridgehead atoms. The van der Waals surface area contributed by atoms with Crippen LogP contribution in [0.2, 0.25) is 0 Å². The second-order valence-corrected chi connectivity index (χ2v) is 4.68. The van der Waals surface area contributed by atoms with E-state index in [2.05, 4.69) is 18.9 Å². The topological polar surface area (TPSA) is 72.3 Å². The van der Waals surface area contributed by atoms with Crippen LogP contribution in [0.3, 0.4) is 0 Å². The summed E-state index contributed by atoms with van der Waals surface area (Å²) in [7, 11) is 2.08. The summed E-state index contributed by atoms with van der Waals surface area (Å²) in [4.78, 5) is 13.6. The van der Waals surface area contributed by atoms with Crippen molar-refractivity contribution in [3.05, 3.63) is 0 Å². The van der Waals surface area contributed by atoms with E-state index in [-0.39, 0.29) is 11.8 Å². The Hall–Kier alpha value is -0.610. The zero-order valence-electron chi connectivity index (χ0n) is 9.83. The smallest absolute Gasteiger partial charge is 0.237 e. The van der Waals surface area contributed by atoms with E-state index in [9.17, 15) is 4.79 Å². The summed E-state index contributed by atoms with van der Waals surface area (Å²) in [5.74, 6) is -0.0619. The average molecular weight is 213 g/mol. The molecule has 4 nitrogen and oxygen atoms in total. The van der Waals surface area contributed by atoms with Crippen molar-refractivity contribution in [1.29, 1.82) is 0 Å². The summed E-state index contributed by atoms with van der Waals surface area (Å²) in [6.45, 7) is 4.15. The average Bonchev–Trinajstić information content (AvgIpc) is 2.58. The number of carbonyl (C=O) groups excluding carboxylic acids is 1. The van der Waals surface area contributed by atoms with E-state index in [0.717, 1.165) is 38.8 Å². The number of rotatable bonds is 5. The van der Waals surface area contributed by atoms with Crippen molar-refractivity contribution in [3.8, 4) is 0 Å². The van der Waals surface area contributed by atoms with Crippen molar-refractivity contribution >= 4 is 5.91 Å². The first kappa shape index (κ1) is 12.5. The summed E-state index contributed by atoms with van der Waals surface area (Å²) in [6.07, 6.45) is 3.80. The van der Waals surface area contributed by atoms with Gasteiger partial charge >= 0.3 is 0 Å². The van der Waals surface area contributed by atoms with E-state index in [4.69, 9.17) is 11.5 Å². The van der Waals surface area contributed by atoms with Crippen molar-refractivity contribution in [2.24, 2.45) is 17.4 Å². The fourth-order valence-corrected chi connectivity index (χ4v) is 2.36. The second-order valence-electron chi connectivity index (χ2n) is 4.68. The Labute approximate surface area is 92.0 Å². The Morgan fingerprint density at radius 2 is 2.27 bits per heavy atom. The maximum Gasteiger partial charge on any atom is 0.237 e. The zero-order valence-corrected chi connectivity index (χ0v) is 9.83. The van der Waals surface area contributed by atoms with Gasteiger partial charge in [0.2, 0.25) is 5.91 Å². The molecule has 1 aliphatic rings. The normalized spacial score (nSPS) is 31.1. The molecule has 1 aliphatic carbocycles. The third-order valence-electron chi connectivity index (χ3n) is 3.73. The fraction of sp³-hybridized carbons (Fsp3) is 0.909. The predicted octanol–water partition coefficient (Wildman–Crippen LogP) is 0.311. The maximum atomic E-state index is 11.3. The van der Waals surface area contributed by atoms with Gasteiger partial charge in [-0.2, -0.15) is 0 Å². The van der Waals surface area contributed by atoms with Crippen LogP contribution in [0.4, 0.5) is 0 Å². The molecule has 0 radical (unpaired) electrons. The van der Waals surface area contributed by atoms with Crippen LogP contribution in [-0.4, -0.2) is 36.5 Å². The van der Waals surface area contributed by atoms with E-state index in [1.165, 1.54) is 0 Å². The zero-order chi connectivity index (χ0) is 11.5. The van der Waals surface area contributed by atoms with Crippen LogP contribution in [0.15, 0.2) is 0 Å². The standard InChI is InChI=1S/C11H23N3O/c1-3-14(2)8-6-9-5-4-7-11(9,13)10(12)15/h9H,3-8,13H2,1-2H3,(H2,12,15). The molecule has 4 heteroatoms. The monoisotopic (exact) mass is 213 g/mol. The van der Waals surface area contributed by atoms with Crippen LogP contribution >= 0.6 is 0 Å². The SMILES string of the molecule is CCN(C)CCC1CCCC1(N)C(N)=O. The first-order valence-corrected chi connectivity index (χ1v) is 5.78. The minimum absolute atomic E-state index is 0.268. The maximum absolute atomic E-state index is 11.3. The summed E-state index contributed by atoms with van der Waals surface area (Å²) >= 11 is 0. The van der Waals surface area contributed by atoms with Crippen LogP contribution in [0.5, 0.6) is 0 Å². The highest BCUT2D eigenvalue weighted by molar-refractivity contribution is 5.85. The first-order valence-electron chi connectivity index (χ1n) is 5.78. The molecular formula is C11H23N3O. The van der Waals surface area contributed by atoms with Crippen LogP contribution in [0, 0.1) is 5.92 Å². The van der Waals surface area contributed by atoms with Crippen LogP contribution in [0.25, 0.3) is 0 Å². The fourth-order valence-electron chi connectivity index (χ4n) is 2.36. The number of nitrogens with zero attached hydrogens (tertiary/aromatic N) is 1. The highest BCUT2D eigenvalue weighted by Gasteiger charge is 2.43. The van der Waals surface area contributed by atoms with Gasteiger partial charge in [-0.15, -0.1) is 0 Å². The molecule has 4 N–H and O–H groups in total. The minimum Gasteiger partial charge on any atom is -0.368 e. The number of nitrogens with two attached hydrogens (primary N) is 2. The van der Waals surface area contributed by atoms with E-state index < -0.39 is 5.54 Å². The van der Waals surface area contributed by atoms with Gasteiger partial charge in [-0.25, -0.2) is 0 Å². The minimum atomic E-state index is -0.741. The van der Waals surface area contributed by atoms with Gasteiger partial charge in [0.25, 0.3) is 0 Å². The van der Waals surface area contributed by atoms with Gasteiger partial charge in [0.15, 0.2) is 0 Å². The largest absolute Gasteiger partial charge is 0.368 e. The lowest BCUT2D eigenvalue weighted by molar-refractivity contribution is -0.124. The van der Waals surface area contributed by atoms with Crippen LogP contribution in [-0.2, 0) is 4.79 Å². The highest BCUT2D eigenvalue weighted by Crippen LogP contribution is 2.35. The molecule has 1 rings (SSSR count). The summed E-state index contributed by atoms with van der Waals surface area (Å²) in [6, 6.07) is 0. The van der Waals surface area contributed by atoms with E-state index >= 15 is 0 Å². The molecule has 0 aliphatic heterocycles. The van der Waals surface area contributed by atoms with Gasteiger partial charge < -0.3 is 16.4 Å². The van der Waals surface area contributed by atoms with Crippen LogP contribution in [0.1, 0.15) is 32.6 Å². The molecule has 0 aromatic carbocycles. The molecule has 0 aromatic heterocycles. The van der Waals surface area contributed by atoms with Crippen molar-refractivity contribution in [1.82, 2.24) is 4.90 Å². The van der Waals surface area contributed by atoms with Crippen molar-refractivity contribution < 1.29 is 4.79 Å². The summed E-state index contributed by atoms with van der Waals surface area (Å²) < 4.78 is 0. The first-order chi connectivity index (χ1) is 7.00. The molecular weight excluding hydrogens is 190 g/mol. The third kappa shape index (κ3) is 2.69. The van der Waals surface area contributed by atoms with Crippen molar-refractivity contribution in [3.63, 3.8) is 0 Å². The molecule has 1 amide bonds. The molecule has 0 spiro atoms. The Kier molecular flexibility index (Phi) is 4.11. The second kappa shape index (κ2) is 4.94. The van der Waals surface area contributed by atoms with Gasteiger partial charge in [0, 0.05) is 0 Å². The quantitative estimate of drug-likeness (QED) is 0.690. The van der Waals surface area contributed by atoms with Gasteiger partial charge in [-0.05, 0) is 45.3 Å². The molecule has 2 atom stereocenters. The molecule has 0 saturated heterocycles. The summed E-state index contributed by atoms with van der Waals surface area (Å²) in [5.41, 5.74) is 10.7. The van der Waals surface area contributed by atoms with E-state index in [0.29, 0.717) is 0 Å². The van der Waals surface area contributed by atoms with Gasteiger partial charge in [0.1, 0.15) is 0 Å². The molecule has 2 unspecified atom stereocenters. The lowest BCUT2D eigenvalue weighted by Gasteiger charge is -2.29. The Morgan fingerprint density at radius 1 is 1.60 bits per heavy atom. The Balaban J connectivity index is 2.50. The molecule has 0 heterocycles. The van der Waals surface area contributed by atoms with Crippen LogP contribution < -0.4 is 11.5 Å². The number of primary amides is 1. The van der Waals surface area contributed by atoms with Crippen molar-refractivity contribution in [2.75, 3.05) is 20.1 Å². The van der Waals surface area contributed by atoms with Gasteiger partial charge in [0.05, 0.1) is 5.54 Å². The van der Waals surface area contributed by atoms with E-state index in [1.807, 2.05) is 0 Å². The summed E-state index contributed by atoms with van der Waals surface area (Å²) in [5, 5.41) is 0. The van der Waals surface area contributed by atoms with Crippen molar-refractivity contribution in [2.45, 2.75) is 38.1 Å². The Bertz CT molecular complexity index is 232. The number of carbonyl (C=O) groups is 1. The van der Waals surface area contributed by atoms with Gasteiger partial charge in [-0.3, -0.25) is 4.79 Å². The number of hydrogen-bond acceptors (Lipinski definition) is 3. The molecule has 1 fully saturated rings. The molecule has 88 valence electrons. The van der Waals surface area contributed by atoms with Gasteiger partial charge in [-0.1, -0.05) is 13.3 Å². The Morgan fingerprint density at radius 3 is 2.80 bits per heavy atom.